The van der Waals surface area contributed by atoms with Crippen LogP contribution in [-0.2, 0) is 0 Å². The number of nitrogens with two attached hydrogens (primary N) is 1. The molecule has 1 unspecified atom stereocenters. The zero-order chi connectivity index (χ0) is 7.56. The topological polar surface area (TPSA) is 49.8 Å². The van der Waals surface area contributed by atoms with Crippen LogP contribution in [0.1, 0.15) is 10.9 Å². The second-order valence-corrected chi connectivity index (χ2v) is 2.81. The summed E-state index contributed by atoms with van der Waals surface area (Å²) in [6.07, 6.45) is 0. The fourth-order valence-corrected chi connectivity index (χ4v) is 1.24. The van der Waals surface area contributed by atoms with E-state index in [9.17, 15) is 4.39 Å². The number of nitrogens with zero attached hydrogens (tertiary/aromatic N) is 1. The average molecular weight is 156 g/mol. The molecule has 1 atom stereocenters. The molecular formula is C6H5FN2S. The summed E-state index contributed by atoms with van der Waals surface area (Å²) in [5.74, 6) is 0. The van der Waals surface area contributed by atoms with Crippen molar-refractivity contribution in [1.82, 2.24) is 0 Å². The number of nitriles is 1. The molecule has 0 aromatic carbocycles. The second kappa shape index (κ2) is 2.78. The maximum Gasteiger partial charge on any atom is 0.176 e. The minimum atomic E-state index is -0.686. The SMILES string of the molecule is N#CC(N)c1ccc(F)s1. The van der Waals surface area contributed by atoms with Crippen LogP contribution in [0.15, 0.2) is 12.1 Å². The number of thiophene rings is 1. The van der Waals surface area contributed by atoms with Gasteiger partial charge in [0.15, 0.2) is 5.13 Å². The molecule has 0 aliphatic heterocycles. The molecule has 0 amide bonds. The summed E-state index contributed by atoms with van der Waals surface area (Å²) in [7, 11) is 0. The minimum Gasteiger partial charge on any atom is -0.312 e. The monoisotopic (exact) mass is 156 g/mol. The van der Waals surface area contributed by atoms with Crippen LogP contribution in [0.25, 0.3) is 0 Å². The lowest BCUT2D eigenvalue weighted by Gasteiger charge is -1.93. The van der Waals surface area contributed by atoms with Gasteiger partial charge in [-0.05, 0) is 12.1 Å². The zero-order valence-electron chi connectivity index (χ0n) is 5.04. The van der Waals surface area contributed by atoms with Crippen molar-refractivity contribution in [3.8, 4) is 6.07 Å². The molecule has 1 aromatic rings. The third-order valence-corrected chi connectivity index (χ3v) is 2.00. The smallest absolute Gasteiger partial charge is 0.176 e. The molecule has 1 heterocycles. The van der Waals surface area contributed by atoms with E-state index in [2.05, 4.69) is 0 Å². The van der Waals surface area contributed by atoms with E-state index in [1.54, 1.807) is 0 Å². The van der Waals surface area contributed by atoms with Crippen molar-refractivity contribution in [2.75, 3.05) is 0 Å². The molecule has 1 rings (SSSR count). The van der Waals surface area contributed by atoms with Crippen LogP contribution >= 0.6 is 11.3 Å². The molecule has 1 aromatic heterocycles. The highest BCUT2D eigenvalue weighted by atomic mass is 32.1. The van der Waals surface area contributed by atoms with Gasteiger partial charge < -0.3 is 5.73 Å². The van der Waals surface area contributed by atoms with Gasteiger partial charge in [0.1, 0.15) is 6.04 Å². The van der Waals surface area contributed by atoms with Gasteiger partial charge in [0.05, 0.1) is 6.07 Å². The molecule has 4 heteroatoms. The van der Waals surface area contributed by atoms with Crippen molar-refractivity contribution in [1.29, 1.82) is 5.26 Å². The molecule has 0 bridgehead atoms. The third-order valence-electron chi connectivity index (χ3n) is 1.04. The van der Waals surface area contributed by atoms with Crippen LogP contribution in [0.3, 0.4) is 0 Å². The lowest BCUT2D eigenvalue weighted by atomic mass is 10.3. The molecule has 0 aliphatic rings. The summed E-state index contributed by atoms with van der Waals surface area (Å²) in [5.41, 5.74) is 5.29. The van der Waals surface area contributed by atoms with Gasteiger partial charge in [-0.2, -0.15) is 9.65 Å². The summed E-state index contributed by atoms with van der Waals surface area (Å²) in [5, 5.41) is 8.00. The summed E-state index contributed by atoms with van der Waals surface area (Å²) in [4.78, 5) is 0.569. The Kier molecular flexibility index (Phi) is 2.00. The summed E-state index contributed by atoms with van der Waals surface area (Å²) < 4.78 is 12.3. The Hall–Kier alpha value is -0.920. The quantitative estimate of drug-likeness (QED) is 0.668. The van der Waals surface area contributed by atoms with E-state index in [-0.39, 0.29) is 5.13 Å². The molecule has 52 valence electrons. The molecule has 0 radical (unpaired) electrons. The molecule has 0 aliphatic carbocycles. The maximum atomic E-state index is 12.3. The van der Waals surface area contributed by atoms with Gasteiger partial charge in [-0.1, -0.05) is 0 Å². The number of hydrogen-bond donors (Lipinski definition) is 1. The van der Waals surface area contributed by atoms with Gasteiger partial charge >= 0.3 is 0 Å². The van der Waals surface area contributed by atoms with Crippen molar-refractivity contribution >= 4 is 11.3 Å². The summed E-state index contributed by atoms with van der Waals surface area (Å²) in [6, 6.07) is 3.95. The summed E-state index contributed by atoms with van der Waals surface area (Å²) in [6.45, 7) is 0. The van der Waals surface area contributed by atoms with Gasteiger partial charge in [0, 0.05) is 4.88 Å². The van der Waals surface area contributed by atoms with Crippen molar-refractivity contribution in [2.45, 2.75) is 6.04 Å². The van der Waals surface area contributed by atoms with Crippen molar-refractivity contribution in [2.24, 2.45) is 5.73 Å². The Bertz CT molecular complexity index is 263. The van der Waals surface area contributed by atoms with Crippen LogP contribution in [0.2, 0.25) is 0 Å². The standard InChI is InChI=1S/C6H5FN2S/c7-6-2-1-5(10-6)4(9)3-8/h1-2,4H,9H2. The molecule has 2 N–H and O–H groups in total. The molecule has 2 nitrogen and oxygen atoms in total. The molecule has 10 heavy (non-hydrogen) atoms. The van der Waals surface area contributed by atoms with Crippen LogP contribution in [-0.4, -0.2) is 0 Å². The largest absolute Gasteiger partial charge is 0.312 e. The Morgan fingerprint density at radius 1 is 1.70 bits per heavy atom. The van der Waals surface area contributed by atoms with E-state index in [0.29, 0.717) is 4.88 Å². The fourth-order valence-electron chi connectivity index (χ4n) is 0.559. The van der Waals surface area contributed by atoms with E-state index < -0.39 is 6.04 Å². The fraction of sp³-hybridized carbons (Fsp3) is 0.167. The Balaban J connectivity index is 2.87. The Labute approximate surface area is 61.7 Å². The predicted molar refractivity (Wildman–Crippen MR) is 36.8 cm³/mol. The van der Waals surface area contributed by atoms with Gasteiger partial charge in [0.25, 0.3) is 0 Å². The number of hydrogen-bond acceptors (Lipinski definition) is 3. The van der Waals surface area contributed by atoms with Gasteiger partial charge in [-0.3, -0.25) is 0 Å². The van der Waals surface area contributed by atoms with Crippen LogP contribution in [0, 0.1) is 16.5 Å². The van der Waals surface area contributed by atoms with E-state index in [1.165, 1.54) is 12.1 Å². The lowest BCUT2D eigenvalue weighted by molar-refractivity contribution is 0.657. The average Bonchev–Trinajstić information content (AvgIpc) is 2.34. The van der Waals surface area contributed by atoms with Crippen molar-refractivity contribution < 1.29 is 4.39 Å². The first kappa shape index (κ1) is 7.19. The lowest BCUT2D eigenvalue weighted by Crippen LogP contribution is -2.04. The first-order chi connectivity index (χ1) is 4.74. The van der Waals surface area contributed by atoms with E-state index in [0.717, 1.165) is 11.3 Å². The highest BCUT2D eigenvalue weighted by Crippen LogP contribution is 2.19. The Morgan fingerprint density at radius 3 is 2.80 bits per heavy atom. The van der Waals surface area contributed by atoms with E-state index in [1.807, 2.05) is 6.07 Å². The third kappa shape index (κ3) is 1.32. The van der Waals surface area contributed by atoms with Gasteiger partial charge in [-0.15, -0.1) is 11.3 Å². The van der Waals surface area contributed by atoms with Crippen LogP contribution in [0.5, 0.6) is 0 Å². The highest BCUT2D eigenvalue weighted by Gasteiger charge is 2.06. The molecule has 0 saturated carbocycles. The van der Waals surface area contributed by atoms with Gasteiger partial charge in [0.2, 0.25) is 0 Å². The maximum absolute atomic E-state index is 12.3. The molecule has 0 spiro atoms. The first-order valence-corrected chi connectivity index (χ1v) is 3.46. The summed E-state index contributed by atoms with van der Waals surface area (Å²) >= 11 is 0.906. The van der Waals surface area contributed by atoms with Crippen molar-refractivity contribution in [3.05, 3.63) is 22.1 Å². The number of rotatable bonds is 1. The van der Waals surface area contributed by atoms with Crippen molar-refractivity contribution in [3.63, 3.8) is 0 Å². The Morgan fingerprint density at radius 2 is 2.40 bits per heavy atom. The van der Waals surface area contributed by atoms with Crippen LogP contribution < -0.4 is 5.73 Å². The van der Waals surface area contributed by atoms with E-state index in [4.69, 9.17) is 11.0 Å². The van der Waals surface area contributed by atoms with Gasteiger partial charge in [-0.25, -0.2) is 0 Å². The van der Waals surface area contributed by atoms with Crippen LogP contribution in [0.4, 0.5) is 4.39 Å². The highest BCUT2D eigenvalue weighted by molar-refractivity contribution is 7.10. The predicted octanol–water partition coefficient (Wildman–Crippen LogP) is 1.41. The zero-order valence-corrected chi connectivity index (χ0v) is 5.86. The molecule has 0 saturated heterocycles. The first-order valence-electron chi connectivity index (χ1n) is 2.64. The minimum absolute atomic E-state index is 0.305. The normalized spacial score (nSPS) is 12.5. The number of halogens is 1. The van der Waals surface area contributed by atoms with E-state index >= 15 is 0 Å². The molecule has 0 fully saturated rings. The second-order valence-electron chi connectivity index (χ2n) is 1.75. The molecular weight excluding hydrogens is 151 g/mol.